The number of thiazole rings is 1. The van der Waals surface area contributed by atoms with E-state index in [0.29, 0.717) is 21.5 Å². The Bertz CT molecular complexity index is 1040. The van der Waals surface area contributed by atoms with Crippen LogP contribution in [-0.4, -0.2) is 20.9 Å². The van der Waals surface area contributed by atoms with Crippen molar-refractivity contribution in [1.82, 2.24) is 15.0 Å². The van der Waals surface area contributed by atoms with E-state index < -0.39 is 0 Å². The molecule has 0 aliphatic rings. The third-order valence-corrected chi connectivity index (χ3v) is 5.17. The Kier molecular flexibility index (Phi) is 3.99. The third-order valence-electron chi connectivity index (χ3n) is 3.72. The fraction of sp³-hybridized carbons (Fsp3) is 0.0556. The van der Waals surface area contributed by atoms with E-state index in [1.807, 2.05) is 55.5 Å². The first-order chi connectivity index (χ1) is 12.1. The van der Waals surface area contributed by atoms with Gasteiger partial charge >= 0.3 is 0 Å². The number of aryl methyl sites for hydroxylation is 1. The molecule has 0 radical (unpaired) electrons. The highest BCUT2D eigenvalue weighted by molar-refractivity contribution is 7.17. The van der Waals surface area contributed by atoms with Gasteiger partial charge in [0.2, 0.25) is 5.95 Å². The van der Waals surface area contributed by atoms with Crippen LogP contribution in [0.1, 0.15) is 15.4 Å². The number of hydrogen-bond acceptors (Lipinski definition) is 4. The Labute approximate surface area is 152 Å². The maximum atomic E-state index is 12.6. The molecule has 0 spiro atoms. The van der Waals surface area contributed by atoms with Crippen LogP contribution in [0.25, 0.3) is 21.6 Å². The second-order valence-electron chi connectivity index (χ2n) is 5.50. The van der Waals surface area contributed by atoms with Crippen molar-refractivity contribution in [3.05, 3.63) is 64.1 Å². The molecular formula is C18H13ClN4OS. The van der Waals surface area contributed by atoms with Crippen molar-refractivity contribution in [2.75, 3.05) is 5.32 Å². The zero-order valence-electron chi connectivity index (χ0n) is 13.2. The molecule has 0 unspecified atom stereocenters. The van der Waals surface area contributed by atoms with Crippen LogP contribution in [0.2, 0.25) is 5.02 Å². The number of halogens is 1. The van der Waals surface area contributed by atoms with E-state index in [4.69, 9.17) is 11.6 Å². The van der Waals surface area contributed by atoms with Gasteiger partial charge in [-0.3, -0.25) is 10.1 Å². The molecule has 0 saturated heterocycles. The number of benzene rings is 2. The summed E-state index contributed by atoms with van der Waals surface area (Å²) in [5.41, 5.74) is 3.30. The van der Waals surface area contributed by atoms with E-state index in [1.54, 1.807) is 0 Å². The summed E-state index contributed by atoms with van der Waals surface area (Å²) >= 11 is 7.26. The van der Waals surface area contributed by atoms with E-state index in [0.717, 1.165) is 21.6 Å². The lowest BCUT2D eigenvalue weighted by atomic mass is 10.2. The van der Waals surface area contributed by atoms with E-state index in [9.17, 15) is 4.79 Å². The van der Waals surface area contributed by atoms with E-state index >= 15 is 0 Å². The molecule has 5 nitrogen and oxygen atoms in total. The van der Waals surface area contributed by atoms with Crippen molar-refractivity contribution in [3.8, 4) is 10.6 Å². The van der Waals surface area contributed by atoms with E-state index in [-0.39, 0.29) is 5.91 Å². The lowest BCUT2D eigenvalue weighted by Gasteiger charge is -1.99. The maximum absolute atomic E-state index is 12.6. The van der Waals surface area contributed by atoms with Crippen LogP contribution >= 0.6 is 22.9 Å². The highest BCUT2D eigenvalue weighted by atomic mass is 35.5. The van der Waals surface area contributed by atoms with Crippen LogP contribution in [0.5, 0.6) is 0 Å². The maximum Gasteiger partial charge on any atom is 0.269 e. The predicted octanol–water partition coefficient (Wildman–Crippen LogP) is 4.90. The predicted molar refractivity (Wildman–Crippen MR) is 101 cm³/mol. The highest BCUT2D eigenvalue weighted by Crippen LogP contribution is 2.29. The number of amides is 1. The molecule has 0 fully saturated rings. The largest absolute Gasteiger partial charge is 0.324 e. The molecular weight excluding hydrogens is 356 g/mol. The summed E-state index contributed by atoms with van der Waals surface area (Å²) < 4.78 is 0. The molecule has 25 heavy (non-hydrogen) atoms. The molecule has 7 heteroatoms. The molecule has 124 valence electrons. The molecule has 4 aromatic rings. The number of carbonyl (C=O) groups is 1. The Morgan fingerprint density at radius 3 is 2.64 bits per heavy atom. The Balaban J connectivity index is 1.60. The van der Waals surface area contributed by atoms with Crippen LogP contribution in [0, 0.1) is 6.92 Å². The van der Waals surface area contributed by atoms with Crippen LogP contribution in [-0.2, 0) is 0 Å². The monoisotopic (exact) mass is 368 g/mol. The Hall–Kier alpha value is -2.70. The van der Waals surface area contributed by atoms with Gasteiger partial charge in [-0.25, -0.2) is 9.97 Å². The molecule has 0 saturated carbocycles. The number of rotatable bonds is 3. The van der Waals surface area contributed by atoms with Gasteiger partial charge < -0.3 is 4.98 Å². The minimum atomic E-state index is -0.228. The van der Waals surface area contributed by atoms with E-state index in [2.05, 4.69) is 20.3 Å². The molecule has 1 amide bonds. The minimum Gasteiger partial charge on any atom is -0.324 e. The van der Waals surface area contributed by atoms with Gasteiger partial charge in [0, 0.05) is 10.6 Å². The number of H-pyrrole nitrogens is 1. The van der Waals surface area contributed by atoms with Crippen molar-refractivity contribution in [2.24, 2.45) is 0 Å². The SMILES string of the molecule is Cc1nc(-c2ccc(Cl)cc2)sc1C(=O)Nc1nc2ccccc2[nH]1. The highest BCUT2D eigenvalue weighted by Gasteiger charge is 2.17. The summed E-state index contributed by atoms with van der Waals surface area (Å²) in [6, 6.07) is 15.0. The molecule has 0 atom stereocenters. The van der Waals surface area contributed by atoms with Gasteiger partial charge in [0.05, 0.1) is 16.7 Å². The summed E-state index contributed by atoms with van der Waals surface area (Å²) in [5.74, 6) is 0.196. The fourth-order valence-corrected chi connectivity index (χ4v) is 3.59. The zero-order valence-corrected chi connectivity index (χ0v) is 14.8. The van der Waals surface area contributed by atoms with Gasteiger partial charge in [0.15, 0.2) is 0 Å². The fourth-order valence-electron chi connectivity index (χ4n) is 2.50. The normalized spacial score (nSPS) is 11.0. The molecule has 2 aromatic heterocycles. The minimum absolute atomic E-state index is 0.228. The number of nitrogens with one attached hydrogen (secondary N) is 2. The first kappa shape index (κ1) is 15.8. The zero-order chi connectivity index (χ0) is 17.4. The molecule has 0 aliphatic heterocycles. The lowest BCUT2D eigenvalue weighted by molar-refractivity contribution is 0.102. The number of imidazole rings is 1. The third kappa shape index (κ3) is 3.14. The topological polar surface area (TPSA) is 70.7 Å². The quantitative estimate of drug-likeness (QED) is 0.540. The molecule has 2 N–H and O–H groups in total. The van der Waals surface area contributed by atoms with Gasteiger partial charge in [-0.2, -0.15) is 0 Å². The smallest absolute Gasteiger partial charge is 0.269 e. The first-order valence-electron chi connectivity index (χ1n) is 7.59. The van der Waals surface area contributed by atoms with Crippen molar-refractivity contribution in [1.29, 1.82) is 0 Å². The molecule has 0 aliphatic carbocycles. The van der Waals surface area contributed by atoms with Crippen molar-refractivity contribution < 1.29 is 4.79 Å². The molecule has 0 bridgehead atoms. The number of para-hydroxylation sites is 2. The Morgan fingerprint density at radius 1 is 1.12 bits per heavy atom. The number of nitrogens with zero attached hydrogens (tertiary/aromatic N) is 2. The number of aromatic nitrogens is 3. The van der Waals surface area contributed by atoms with Crippen LogP contribution in [0.4, 0.5) is 5.95 Å². The molecule has 2 heterocycles. The van der Waals surface area contributed by atoms with Crippen molar-refractivity contribution in [3.63, 3.8) is 0 Å². The molecule has 4 rings (SSSR count). The standard InChI is InChI=1S/C18H13ClN4OS/c1-10-15(25-17(20-10)11-6-8-12(19)9-7-11)16(24)23-18-21-13-4-2-3-5-14(13)22-18/h2-9H,1H3,(H2,21,22,23,24). The second kappa shape index (κ2) is 6.31. The van der Waals surface area contributed by atoms with Gasteiger partial charge in [0.25, 0.3) is 5.91 Å². The van der Waals surface area contributed by atoms with E-state index in [1.165, 1.54) is 11.3 Å². The summed E-state index contributed by atoms with van der Waals surface area (Å²) in [4.78, 5) is 25.1. The second-order valence-corrected chi connectivity index (χ2v) is 6.93. The van der Waals surface area contributed by atoms with Crippen LogP contribution in [0.15, 0.2) is 48.5 Å². The average molecular weight is 369 g/mol. The summed E-state index contributed by atoms with van der Waals surface area (Å²) in [7, 11) is 0. The van der Waals surface area contributed by atoms with Crippen LogP contribution < -0.4 is 5.32 Å². The molecule has 2 aromatic carbocycles. The summed E-state index contributed by atoms with van der Waals surface area (Å²) in [5, 5.41) is 4.25. The van der Waals surface area contributed by atoms with Crippen molar-refractivity contribution >= 4 is 45.8 Å². The van der Waals surface area contributed by atoms with Crippen LogP contribution in [0.3, 0.4) is 0 Å². The van der Waals surface area contributed by atoms with Gasteiger partial charge in [0.1, 0.15) is 9.88 Å². The van der Waals surface area contributed by atoms with Gasteiger partial charge in [-0.1, -0.05) is 35.9 Å². The van der Waals surface area contributed by atoms with Gasteiger partial charge in [-0.05, 0) is 31.2 Å². The average Bonchev–Trinajstić information content (AvgIpc) is 3.18. The van der Waals surface area contributed by atoms with Crippen molar-refractivity contribution in [2.45, 2.75) is 6.92 Å². The summed E-state index contributed by atoms with van der Waals surface area (Å²) in [6.45, 7) is 1.82. The number of fused-ring (bicyclic) bond motifs is 1. The first-order valence-corrected chi connectivity index (χ1v) is 8.79. The number of hydrogen-bond donors (Lipinski definition) is 2. The Morgan fingerprint density at radius 2 is 1.88 bits per heavy atom. The van der Waals surface area contributed by atoms with Gasteiger partial charge in [-0.15, -0.1) is 11.3 Å². The summed E-state index contributed by atoms with van der Waals surface area (Å²) in [6.07, 6.45) is 0. The number of anilines is 1. The number of aromatic amines is 1. The lowest BCUT2D eigenvalue weighted by Crippen LogP contribution is -2.12. The number of carbonyl (C=O) groups excluding carboxylic acids is 1.